The maximum atomic E-state index is 12.3. The van der Waals surface area contributed by atoms with Crippen LogP contribution in [0.15, 0.2) is 48.9 Å². The second-order valence-electron chi connectivity index (χ2n) is 6.50. The number of imidazole rings is 1. The van der Waals surface area contributed by atoms with Gasteiger partial charge in [0.15, 0.2) is 0 Å². The molecular weight excluding hydrogens is 332 g/mol. The number of rotatable bonds is 6. The number of hydrogen-bond acceptors (Lipinski definition) is 4. The lowest BCUT2D eigenvalue weighted by molar-refractivity contribution is -0.139. The number of pyridine rings is 1. The lowest BCUT2D eigenvalue weighted by atomic mass is 10.0. The van der Waals surface area contributed by atoms with E-state index in [1.54, 1.807) is 18.5 Å². The van der Waals surface area contributed by atoms with Crippen LogP contribution in [0.4, 0.5) is 0 Å². The summed E-state index contributed by atoms with van der Waals surface area (Å²) >= 11 is 0. The van der Waals surface area contributed by atoms with Crippen molar-refractivity contribution in [3.8, 4) is 5.82 Å². The molecule has 0 spiro atoms. The second kappa shape index (κ2) is 7.35. The zero-order valence-corrected chi connectivity index (χ0v) is 14.6. The number of hydrogen-bond donors (Lipinski definition) is 2. The summed E-state index contributed by atoms with van der Waals surface area (Å²) in [5.74, 6) is -0.701. The molecule has 2 N–H and O–H groups in total. The smallest absolute Gasteiger partial charge is 0.326 e. The Kier molecular flexibility index (Phi) is 4.97. The number of carboxylic acid groups (broad SMARTS) is 1. The highest BCUT2D eigenvalue weighted by Gasteiger charge is 2.22. The Balaban J connectivity index is 1.78. The third-order valence-corrected chi connectivity index (χ3v) is 4.02. The minimum absolute atomic E-state index is 0.159. The topological polar surface area (TPSA) is 97.1 Å². The highest BCUT2D eigenvalue weighted by Crippen LogP contribution is 2.16. The van der Waals surface area contributed by atoms with Gasteiger partial charge in [0.1, 0.15) is 18.2 Å². The van der Waals surface area contributed by atoms with Gasteiger partial charge in [-0.05, 0) is 36.6 Å². The van der Waals surface area contributed by atoms with Gasteiger partial charge in [-0.15, -0.1) is 0 Å². The molecule has 1 amide bonds. The molecule has 2 aromatic heterocycles. The van der Waals surface area contributed by atoms with Crippen molar-refractivity contribution in [3.63, 3.8) is 0 Å². The van der Waals surface area contributed by atoms with Crippen LogP contribution >= 0.6 is 0 Å². The summed E-state index contributed by atoms with van der Waals surface area (Å²) in [5, 5.41) is 11.8. The molecular formula is C19H20N4O3. The van der Waals surface area contributed by atoms with E-state index in [0.717, 1.165) is 11.0 Å². The van der Waals surface area contributed by atoms with Gasteiger partial charge in [-0.25, -0.2) is 14.8 Å². The fraction of sp³-hybridized carbons (Fsp3) is 0.263. The van der Waals surface area contributed by atoms with Gasteiger partial charge in [0.25, 0.3) is 5.91 Å². The van der Waals surface area contributed by atoms with E-state index in [2.05, 4.69) is 15.3 Å². The molecule has 0 radical (unpaired) electrons. The van der Waals surface area contributed by atoms with Gasteiger partial charge in [-0.3, -0.25) is 9.36 Å². The Labute approximate surface area is 150 Å². The number of carboxylic acids is 1. The van der Waals surface area contributed by atoms with E-state index in [0.29, 0.717) is 17.8 Å². The van der Waals surface area contributed by atoms with Crippen LogP contribution in [-0.4, -0.2) is 37.6 Å². The van der Waals surface area contributed by atoms with Crippen molar-refractivity contribution in [1.29, 1.82) is 0 Å². The zero-order valence-electron chi connectivity index (χ0n) is 14.6. The van der Waals surface area contributed by atoms with Crippen LogP contribution in [0.2, 0.25) is 0 Å². The van der Waals surface area contributed by atoms with Crippen LogP contribution in [0.3, 0.4) is 0 Å². The third kappa shape index (κ3) is 3.72. The van der Waals surface area contributed by atoms with E-state index in [1.807, 2.05) is 42.7 Å². The molecule has 0 aliphatic carbocycles. The van der Waals surface area contributed by atoms with E-state index >= 15 is 0 Å². The van der Waals surface area contributed by atoms with Crippen molar-refractivity contribution < 1.29 is 14.7 Å². The van der Waals surface area contributed by atoms with Crippen molar-refractivity contribution in [2.45, 2.75) is 26.3 Å². The Morgan fingerprint density at radius 1 is 1.15 bits per heavy atom. The maximum absolute atomic E-state index is 12.3. The standard InChI is InChI=1S/C19H20N4O3/c1-12(2)9-15(19(25)26)22-18(24)13-7-8-17(20-10-13)23-11-21-14-5-3-4-6-16(14)23/h3-8,10-12,15H,9H2,1-2H3,(H,22,24)(H,25,26). The predicted molar refractivity (Wildman–Crippen MR) is 97.2 cm³/mol. The first-order chi connectivity index (χ1) is 12.5. The Hall–Kier alpha value is -3.22. The lowest BCUT2D eigenvalue weighted by Crippen LogP contribution is -2.41. The molecule has 1 atom stereocenters. The van der Waals surface area contributed by atoms with Crippen LogP contribution in [0, 0.1) is 5.92 Å². The number of benzene rings is 1. The Morgan fingerprint density at radius 3 is 2.58 bits per heavy atom. The van der Waals surface area contributed by atoms with Crippen molar-refractivity contribution in [2.75, 3.05) is 0 Å². The number of nitrogens with one attached hydrogen (secondary N) is 1. The first-order valence-corrected chi connectivity index (χ1v) is 8.38. The van der Waals surface area contributed by atoms with Crippen LogP contribution < -0.4 is 5.32 Å². The van der Waals surface area contributed by atoms with Gasteiger partial charge in [0.05, 0.1) is 16.6 Å². The van der Waals surface area contributed by atoms with E-state index in [9.17, 15) is 14.7 Å². The molecule has 2 heterocycles. The van der Waals surface area contributed by atoms with Gasteiger partial charge in [0.2, 0.25) is 0 Å². The predicted octanol–water partition coefficient (Wildman–Crippen LogP) is 2.65. The number of aliphatic carboxylic acids is 1. The SMILES string of the molecule is CC(C)CC(NC(=O)c1ccc(-n2cnc3ccccc32)nc1)C(=O)O. The summed E-state index contributed by atoms with van der Waals surface area (Å²) in [6.45, 7) is 3.82. The van der Waals surface area contributed by atoms with Gasteiger partial charge >= 0.3 is 5.97 Å². The summed E-state index contributed by atoms with van der Waals surface area (Å²) in [4.78, 5) is 32.3. The molecule has 1 aromatic carbocycles. The van der Waals surface area contributed by atoms with E-state index < -0.39 is 17.9 Å². The molecule has 0 saturated heterocycles. The molecule has 3 aromatic rings. The van der Waals surface area contributed by atoms with Crippen LogP contribution in [-0.2, 0) is 4.79 Å². The Bertz CT molecular complexity index is 931. The van der Waals surface area contributed by atoms with E-state index in [-0.39, 0.29) is 5.92 Å². The number of carbonyl (C=O) groups excluding carboxylic acids is 1. The largest absolute Gasteiger partial charge is 0.480 e. The van der Waals surface area contributed by atoms with Crippen LogP contribution in [0.25, 0.3) is 16.9 Å². The second-order valence-corrected chi connectivity index (χ2v) is 6.50. The van der Waals surface area contributed by atoms with Crippen molar-refractivity contribution in [2.24, 2.45) is 5.92 Å². The minimum atomic E-state index is -1.04. The number of nitrogens with zero attached hydrogens (tertiary/aromatic N) is 3. The first-order valence-electron chi connectivity index (χ1n) is 8.38. The number of amides is 1. The number of carbonyl (C=O) groups is 2. The van der Waals surface area contributed by atoms with Crippen molar-refractivity contribution >= 4 is 22.9 Å². The molecule has 7 heteroatoms. The average molecular weight is 352 g/mol. The summed E-state index contributed by atoms with van der Waals surface area (Å²) in [6, 6.07) is 10.1. The quantitative estimate of drug-likeness (QED) is 0.711. The maximum Gasteiger partial charge on any atom is 0.326 e. The van der Waals surface area contributed by atoms with Gasteiger partial charge < -0.3 is 10.4 Å². The van der Waals surface area contributed by atoms with E-state index in [4.69, 9.17) is 0 Å². The molecule has 7 nitrogen and oxygen atoms in total. The number of fused-ring (bicyclic) bond motifs is 1. The molecule has 0 bridgehead atoms. The van der Waals surface area contributed by atoms with Gasteiger partial charge in [0, 0.05) is 6.20 Å². The molecule has 0 fully saturated rings. The average Bonchev–Trinajstić information content (AvgIpc) is 3.05. The summed E-state index contributed by atoms with van der Waals surface area (Å²) in [5.41, 5.74) is 2.09. The monoisotopic (exact) mass is 352 g/mol. The van der Waals surface area contributed by atoms with E-state index in [1.165, 1.54) is 6.20 Å². The van der Waals surface area contributed by atoms with Gasteiger partial charge in [-0.1, -0.05) is 26.0 Å². The molecule has 0 aliphatic heterocycles. The number of para-hydroxylation sites is 2. The third-order valence-electron chi connectivity index (χ3n) is 4.02. The number of aromatic nitrogens is 3. The minimum Gasteiger partial charge on any atom is -0.480 e. The molecule has 0 saturated carbocycles. The summed E-state index contributed by atoms with van der Waals surface area (Å²) < 4.78 is 1.83. The first kappa shape index (κ1) is 17.6. The Morgan fingerprint density at radius 2 is 1.92 bits per heavy atom. The van der Waals surface area contributed by atoms with Crippen LogP contribution in [0.5, 0.6) is 0 Å². The highest BCUT2D eigenvalue weighted by atomic mass is 16.4. The summed E-state index contributed by atoms with van der Waals surface area (Å²) in [7, 11) is 0. The normalized spacial score (nSPS) is 12.3. The molecule has 3 rings (SSSR count). The van der Waals surface area contributed by atoms with Crippen molar-refractivity contribution in [1.82, 2.24) is 19.9 Å². The molecule has 1 unspecified atom stereocenters. The molecule has 134 valence electrons. The highest BCUT2D eigenvalue weighted by molar-refractivity contribution is 5.96. The lowest BCUT2D eigenvalue weighted by Gasteiger charge is -2.16. The van der Waals surface area contributed by atoms with Crippen LogP contribution in [0.1, 0.15) is 30.6 Å². The molecule has 26 heavy (non-hydrogen) atoms. The fourth-order valence-electron chi connectivity index (χ4n) is 2.74. The van der Waals surface area contributed by atoms with Gasteiger partial charge in [-0.2, -0.15) is 0 Å². The fourth-order valence-corrected chi connectivity index (χ4v) is 2.74. The van der Waals surface area contributed by atoms with Crippen molar-refractivity contribution in [3.05, 3.63) is 54.5 Å². The summed E-state index contributed by atoms with van der Waals surface area (Å²) in [6.07, 6.45) is 3.48. The molecule has 0 aliphatic rings. The zero-order chi connectivity index (χ0) is 18.7.